The number of hydrogen-bond donors (Lipinski definition) is 0. The fraction of sp³-hybridized carbons (Fsp3) is 0.957. The lowest BCUT2D eigenvalue weighted by molar-refractivity contribution is -0.140. The largest absolute Gasteiger partial charge is 0.469 e. The Kier molecular flexibility index (Phi) is 20.9. The Balaban J connectivity index is 3.16. The number of carbonyl (C=O) groups is 1. The molecule has 0 aliphatic carbocycles. The lowest BCUT2D eigenvalue weighted by atomic mass is 10.0. The molecular weight excluding hydrogens is 344 g/mol. The Morgan fingerprint density at radius 2 is 1.08 bits per heavy atom. The molecule has 0 saturated heterocycles. The van der Waals surface area contributed by atoms with E-state index in [0.29, 0.717) is 11.8 Å². The van der Waals surface area contributed by atoms with Crippen LogP contribution < -0.4 is 0 Å². The summed E-state index contributed by atoms with van der Waals surface area (Å²) in [5.41, 5.74) is 0. The van der Waals surface area contributed by atoms with Crippen LogP contribution >= 0.6 is 11.6 Å². The van der Waals surface area contributed by atoms with Gasteiger partial charge in [0.2, 0.25) is 0 Å². The van der Waals surface area contributed by atoms with Gasteiger partial charge in [0.25, 0.3) is 0 Å². The van der Waals surface area contributed by atoms with Crippen molar-refractivity contribution in [3.8, 4) is 0 Å². The van der Waals surface area contributed by atoms with Crippen molar-refractivity contribution in [2.45, 2.75) is 134 Å². The molecule has 0 spiro atoms. The van der Waals surface area contributed by atoms with Gasteiger partial charge in [-0.05, 0) is 19.3 Å². The van der Waals surface area contributed by atoms with E-state index in [2.05, 4.69) is 11.7 Å². The van der Waals surface area contributed by atoms with Crippen molar-refractivity contribution in [3.05, 3.63) is 0 Å². The summed E-state index contributed by atoms with van der Waals surface area (Å²) >= 11 is 6.45. The molecule has 0 aromatic heterocycles. The minimum atomic E-state index is -0.0745. The van der Waals surface area contributed by atoms with Gasteiger partial charge in [0.1, 0.15) is 0 Å². The maximum atomic E-state index is 11.0. The third-order valence-electron chi connectivity index (χ3n) is 5.25. The highest BCUT2D eigenvalue weighted by Gasteiger charge is 2.04. The SMILES string of the molecule is CCCCCCCCCC(Cl)CCCCCCCCCCCC(=O)OC. The van der Waals surface area contributed by atoms with Crippen molar-refractivity contribution in [1.29, 1.82) is 0 Å². The van der Waals surface area contributed by atoms with E-state index in [4.69, 9.17) is 11.6 Å². The lowest BCUT2D eigenvalue weighted by Crippen LogP contribution is -1.99. The van der Waals surface area contributed by atoms with E-state index >= 15 is 0 Å². The van der Waals surface area contributed by atoms with Gasteiger partial charge in [-0.1, -0.05) is 103 Å². The zero-order chi connectivity index (χ0) is 19.3. The fourth-order valence-corrected chi connectivity index (χ4v) is 3.75. The minimum absolute atomic E-state index is 0.0745. The van der Waals surface area contributed by atoms with Gasteiger partial charge in [-0.3, -0.25) is 4.79 Å². The van der Waals surface area contributed by atoms with Crippen molar-refractivity contribution < 1.29 is 9.53 Å². The molecule has 0 heterocycles. The highest BCUT2D eigenvalue weighted by Crippen LogP contribution is 2.18. The highest BCUT2D eigenvalue weighted by atomic mass is 35.5. The molecule has 0 rings (SSSR count). The van der Waals surface area contributed by atoms with Crippen LogP contribution in [0.5, 0.6) is 0 Å². The van der Waals surface area contributed by atoms with Crippen LogP contribution in [0, 0.1) is 0 Å². The number of ether oxygens (including phenoxy) is 1. The van der Waals surface area contributed by atoms with Crippen LogP contribution in [-0.4, -0.2) is 18.5 Å². The van der Waals surface area contributed by atoms with Crippen LogP contribution in [0.3, 0.4) is 0 Å². The molecule has 2 nitrogen and oxygen atoms in total. The zero-order valence-corrected chi connectivity index (χ0v) is 18.5. The second kappa shape index (κ2) is 21.1. The standard InChI is InChI=1S/C23H45ClO2/c1-3-4-5-6-10-13-16-19-22(24)20-17-14-11-8-7-9-12-15-18-21-23(25)26-2/h22H,3-21H2,1-2H3. The summed E-state index contributed by atoms with van der Waals surface area (Å²) < 4.78 is 4.65. The smallest absolute Gasteiger partial charge is 0.305 e. The molecule has 1 atom stereocenters. The van der Waals surface area contributed by atoms with E-state index < -0.39 is 0 Å². The summed E-state index contributed by atoms with van der Waals surface area (Å²) in [5, 5.41) is 0.403. The summed E-state index contributed by atoms with van der Waals surface area (Å²) in [7, 11) is 1.46. The first-order chi connectivity index (χ1) is 12.7. The Morgan fingerprint density at radius 3 is 1.50 bits per heavy atom. The Morgan fingerprint density at radius 1 is 0.692 bits per heavy atom. The molecule has 3 heteroatoms. The third-order valence-corrected chi connectivity index (χ3v) is 5.68. The first-order valence-electron chi connectivity index (χ1n) is 11.4. The van der Waals surface area contributed by atoms with Gasteiger partial charge in [0.15, 0.2) is 0 Å². The maximum Gasteiger partial charge on any atom is 0.305 e. The predicted molar refractivity (Wildman–Crippen MR) is 115 cm³/mol. The quantitative estimate of drug-likeness (QED) is 0.119. The predicted octanol–water partition coefficient (Wildman–Crippen LogP) is 8.20. The molecule has 0 bridgehead atoms. The van der Waals surface area contributed by atoms with Gasteiger partial charge in [0.05, 0.1) is 7.11 Å². The van der Waals surface area contributed by atoms with Gasteiger partial charge >= 0.3 is 5.97 Å². The van der Waals surface area contributed by atoms with Gasteiger partial charge in [-0.25, -0.2) is 0 Å². The average Bonchev–Trinajstić information content (AvgIpc) is 2.65. The van der Waals surface area contributed by atoms with Crippen molar-refractivity contribution >= 4 is 17.6 Å². The van der Waals surface area contributed by atoms with Crippen molar-refractivity contribution in [2.24, 2.45) is 0 Å². The van der Waals surface area contributed by atoms with E-state index in [-0.39, 0.29) is 5.97 Å². The summed E-state index contributed by atoms with van der Waals surface area (Å²) in [4.78, 5) is 11.0. The monoisotopic (exact) mass is 388 g/mol. The second-order valence-corrected chi connectivity index (χ2v) is 8.42. The maximum absolute atomic E-state index is 11.0. The van der Waals surface area contributed by atoms with Crippen molar-refractivity contribution in [2.75, 3.05) is 7.11 Å². The van der Waals surface area contributed by atoms with Crippen LogP contribution in [0.15, 0.2) is 0 Å². The summed E-state index contributed by atoms with van der Waals surface area (Å²) in [6, 6.07) is 0. The molecule has 0 fully saturated rings. The molecule has 0 amide bonds. The van der Waals surface area contributed by atoms with E-state index in [0.717, 1.165) is 12.8 Å². The summed E-state index contributed by atoms with van der Waals surface area (Å²) in [6.45, 7) is 2.27. The van der Waals surface area contributed by atoms with Gasteiger partial charge in [-0.2, -0.15) is 0 Å². The molecule has 26 heavy (non-hydrogen) atoms. The molecule has 0 radical (unpaired) electrons. The van der Waals surface area contributed by atoms with E-state index in [1.54, 1.807) is 0 Å². The van der Waals surface area contributed by atoms with Crippen LogP contribution in [0.1, 0.15) is 129 Å². The first kappa shape index (κ1) is 25.8. The zero-order valence-electron chi connectivity index (χ0n) is 17.7. The van der Waals surface area contributed by atoms with Crippen LogP contribution in [0.2, 0.25) is 0 Å². The number of alkyl halides is 1. The number of halogens is 1. The van der Waals surface area contributed by atoms with Gasteiger partial charge in [0, 0.05) is 11.8 Å². The minimum Gasteiger partial charge on any atom is -0.469 e. The number of esters is 1. The van der Waals surface area contributed by atoms with Gasteiger partial charge in [-0.15, -0.1) is 11.6 Å². The van der Waals surface area contributed by atoms with E-state index in [1.165, 1.54) is 110 Å². The normalized spacial score (nSPS) is 12.3. The van der Waals surface area contributed by atoms with Crippen LogP contribution in [-0.2, 0) is 9.53 Å². The topological polar surface area (TPSA) is 26.3 Å². The number of carbonyl (C=O) groups excluding carboxylic acids is 1. The number of methoxy groups -OCH3 is 1. The van der Waals surface area contributed by atoms with Gasteiger partial charge < -0.3 is 4.74 Å². The summed E-state index contributed by atoms with van der Waals surface area (Å²) in [5.74, 6) is -0.0745. The molecule has 0 aromatic carbocycles. The molecule has 156 valence electrons. The molecule has 0 saturated carbocycles. The molecule has 0 aromatic rings. The number of unbranched alkanes of at least 4 members (excludes halogenated alkanes) is 14. The van der Waals surface area contributed by atoms with E-state index in [9.17, 15) is 4.79 Å². The van der Waals surface area contributed by atoms with Crippen molar-refractivity contribution in [3.63, 3.8) is 0 Å². The van der Waals surface area contributed by atoms with E-state index in [1.807, 2.05) is 0 Å². The molecular formula is C23H45ClO2. The molecule has 0 aliphatic heterocycles. The Hall–Kier alpha value is -0.240. The second-order valence-electron chi connectivity index (χ2n) is 7.80. The van der Waals surface area contributed by atoms with Crippen LogP contribution in [0.4, 0.5) is 0 Å². The van der Waals surface area contributed by atoms with Crippen molar-refractivity contribution in [1.82, 2.24) is 0 Å². The Labute approximate surface area is 168 Å². The average molecular weight is 389 g/mol. The summed E-state index contributed by atoms with van der Waals surface area (Å²) in [6.07, 6.45) is 24.0. The molecule has 0 aliphatic rings. The first-order valence-corrected chi connectivity index (χ1v) is 11.8. The molecule has 1 unspecified atom stereocenters. The van der Waals surface area contributed by atoms with Crippen LogP contribution in [0.25, 0.3) is 0 Å². The number of hydrogen-bond acceptors (Lipinski definition) is 2. The lowest BCUT2D eigenvalue weighted by Gasteiger charge is -2.09. The third kappa shape index (κ3) is 20.1. The highest BCUT2D eigenvalue weighted by molar-refractivity contribution is 6.20. The number of rotatable bonds is 20. The Bertz CT molecular complexity index is 294. The fourth-order valence-electron chi connectivity index (χ4n) is 3.44. The molecule has 0 N–H and O–H groups in total.